The number of benzene rings is 1. The van der Waals surface area contributed by atoms with Crippen LogP contribution in [0.5, 0.6) is 0 Å². The summed E-state index contributed by atoms with van der Waals surface area (Å²) < 4.78 is 0. The van der Waals surface area contributed by atoms with Gasteiger partial charge in [-0.1, -0.05) is 12.1 Å². The topological polar surface area (TPSA) is 41.1 Å². The molecule has 1 aromatic carbocycles. The molecule has 0 saturated carbocycles. The summed E-state index contributed by atoms with van der Waals surface area (Å²) in [4.78, 5) is 13.2. The zero-order chi connectivity index (χ0) is 12.1. The average molecular weight is 287 g/mol. The molecular weight excluding hydrogens is 268 g/mol. The third-order valence-corrected chi connectivity index (χ3v) is 3.78. The molecule has 5 heteroatoms. The molecule has 2 N–H and O–H groups in total. The zero-order valence-corrected chi connectivity index (χ0v) is 12.1. The third-order valence-electron chi connectivity index (χ3n) is 2.98. The number of piperidine rings is 1. The first-order chi connectivity index (χ1) is 8.31. The van der Waals surface area contributed by atoms with Crippen molar-refractivity contribution in [3.05, 3.63) is 29.8 Å². The molecule has 0 radical (unpaired) electrons. The first-order valence-electron chi connectivity index (χ1n) is 5.96. The van der Waals surface area contributed by atoms with Gasteiger partial charge in [0.1, 0.15) is 0 Å². The molecule has 1 heterocycles. The van der Waals surface area contributed by atoms with Crippen LogP contribution in [0.2, 0.25) is 0 Å². The second kappa shape index (κ2) is 7.67. The van der Waals surface area contributed by atoms with Crippen LogP contribution in [0.3, 0.4) is 0 Å². The monoisotopic (exact) mass is 286 g/mol. The molecule has 0 aliphatic carbocycles. The molecule has 0 aromatic heterocycles. The minimum Gasteiger partial charge on any atom is -0.348 e. The SMILES string of the molecule is CSc1ccccc1C(=O)N[C@H]1CCCNC1.Cl. The van der Waals surface area contributed by atoms with Crippen molar-refractivity contribution in [3.8, 4) is 0 Å². The van der Waals surface area contributed by atoms with Crippen LogP contribution in [-0.2, 0) is 0 Å². The van der Waals surface area contributed by atoms with E-state index in [2.05, 4.69) is 10.6 Å². The molecule has 1 aliphatic rings. The molecule has 0 spiro atoms. The number of amides is 1. The molecule has 1 atom stereocenters. The average Bonchev–Trinajstić information content (AvgIpc) is 2.40. The fourth-order valence-corrected chi connectivity index (χ4v) is 2.67. The van der Waals surface area contributed by atoms with Gasteiger partial charge < -0.3 is 10.6 Å². The lowest BCUT2D eigenvalue weighted by Gasteiger charge is -2.24. The summed E-state index contributed by atoms with van der Waals surface area (Å²) in [6.45, 7) is 1.95. The summed E-state index contributed by atoms with van der Waals surface area (Å²) in [7, 11) is 0. The van der Waals surface area contributed by atoms with E-state index >= 15 is 0 Å². The van der Waals surface area contributed by atoms with Crippen molar-refractivity contribution in [2.45, 2.75) is 23.8 Å². The predicted molar refractivity (Wildman–Crippen MR) is 78.8 cm³/mol. The number of rotatable bonds is 3. The predicted octanol–water partition coefficient (Wildman–Crippen LogP) is 2.31. The van der Waals surface area contributed by atoms with E-state index in [1.54, 1.807) is 11.8 Å². The molecule has 0 unspecified atom stereocenters. The Morgan fingerprint density at radius 2 is 2.22 bits per heavy atom. The molecule has 18 heavy (non-hydrogen) atoms. The Morgan fingerprint density at radius 1 is 1.44 bits per heavy atom. The molecular formula is C13H19ClN2OS. The van der Waals surface area contributed by atoms with Gasteiger partial charge in [0.05, 0.1) is 5.56 Å². The first kappa shape index (κ1) is 15.3. The van der Waals surface area contributed by atoms with Crippen LogP contribution in [0.1, 0.15) is 23.2 Å². The number of hydrogen-bond acceptors (Lipinski definition) is 3. The van der Waals surface area contributed by atoms with Gasteiger partial charge in [0.25, 0.3) is 5.91 Å². The minimum atomic E-state index is 0. The highest BCUT2D eigenvalue weighted by Crippen LogP contribution is 2.19. The summed E-state index contributed by atoms with van der Waals surface area (Å²) >= 11 is 1.61. The van der Waals surface area contributed by atoms with E-state index in [1.165, 1.54) is 0 Å². The van der Waals surface area contributed by atoms with E-state index in [9.17, 15) is 4.79 Å². The summed E-state index contributed by atoms with van der Waals surface area (Å²) in [5.41, 5.74) is 0.783. The van der Waals surface area contributed by atoms with E-state index in [0.717, 1.165) is 36.4 Å². The van der Waals surface area contributed by atoms with Crippen molar-refractivity contribution in [3.63, 3.8) is 0 Å². The maximum Gasteiger partial charge on any atom is 0.252 e. The number of halogens is 1. The highest BCUT2D eigenvalue weighted by Gasteiger charge is 2.17. The van der Waals surface area contributed by atoms with E-state index in [0.29, 0.717) is 0 Å². The molecule has 100 valence electrons. The van der Waals surface area contributed by atoms with E-state index in [4.69, 9.17) is 0 Å². The zero-order valence-electron chi connectivity index (χ0n) is 10.4. The van der Waals surface area contributed by atoms with Crippen molar-refractivity contribution < 1.29 is 4.79 Å². The van der Waals surface area contributed by atoms with Crippen LogP contribution in [0, 0.1) is 0 Å². The molecule has 1 saturated heterocycles. The van der Waals surface area contributed by atoms with Crippen molar-refractivity contribution >= 4 is 30.1 Å². The molecule has 0 bridgehead atoms. The summed E-state index contributed by atoms with van der Waals surface area (Å²) in [5, 5.41) is 6.40. The first-order valence-corrected chi connectivity index (χ1v) is 7.18. The number of thioether (sulfide) groups is 1. The van der Waals surface area contributed by atoms with Crippen LogP contribution in [0.25, 0.3) is 0 Å². The smallest absolute Gasteiger partial charge is 0.252 e. The standard InChI is InChI=1S/C13H18N2OS.ClH/c1-17-12-7-3-2-6-11(12)13(16)15-10-5-4-8-14-9-10;/h2-3,6-7,10,14H,4-5,8-9H2,1H3,(H,15,16);1H/t10-;/m0./s1. The lowest BCUT2D eigenvalue weighted by Crippen LogP contribution is -2.45. The van der Waals surface area contributed by atoms with Crippen LogP contribution in [-0.4, -0.2) is 31.3 Å². The quantitative estimate of drug-likeness (QED) is 0.838. The van der Waals surface area contributed by atoms with Crippen LogP contribution in [0.15, 0.2) is 29.2 Å². The number of hydrogen-bond donors (Lipinski definition) is 2. The van der Waals surface area contributed by atoms with Gasteiger partial charge in [-0.05, 0) is 37.8 Å². The van der Waals surface area contributed by atoms with E-state index in [1.807, 2.05) is 30.5 Å². The lowest BCUT2D eigenvalue weighted by atomic mass is 10.1. The molecule has 1 fully saturated rings. The molecule has 2 rings (SSSR count). The van der Waals surface area contributed by atoms with Gasteiger partial charge in [-0.3, -0.25) is 4.79 Å². The maximum absolute atomic E-state index is 12.1. The molecule has 1 aliphatic heterocycles. The van der Waals surface area contributed by atoms with Gasteiger partial charge in [-0.15, -0.1) is 24.2 Å². The highest BCUT2D eigenvalue weighted by atomic mass is 35.5. The molecule has 1 aromatic rings. The Labute approximate surface area is 119 Å². The van der Waals surface area contributed by atoms with Gasteiger partial charge in [-0.25, -0.2) is 0 Å². The van der Waals surface area contributed by atoms with E-state index in [-0.39, 0.29) is 24.4 Å². The Kier molecular flexibility index (Phi) is 6.54. The Balaban J connectivity index is 0.00000162. The summed E-state index contributed by atoms with van der Waals surface area (Å²) in [6, 6.07) is 8.01. The fourth-order valence-electron chi connectivity index (χ4n) is 2.07. The lowest BCUT2D eigenvalue weighted by molar-refractivity contribution is 0.0927. The maximum atomic E-state index is 12.1. The Morgan fingerprint density at radius 3 is 2.89 bits per heavy atom. The second-order valence-corrected chi connectivity index (χ2v) is 5.07. The number of carbonyl (C=O) groups is 1. The minimum absolute atomic E-state index is 0. The highest BCUT2D eigenvalue weighted by molar-refractivity contribution is 7.98. The normalized spacial score (nSPS) is 18.8. The van der Waals surface area contributed by atoms with E-state index < -0.39 is 0 Å². The van der Waals surface area contributed by atoms with Crippen molar-refractivity contribution in [1.82, 2.24) is 10.6 Å². The van der Waals surface area contributed by atoms with Crippen LogP contribution in [0.4, 0.5) is 0 Å². The van der Waals surface area contributed by atoms with Gasteiger partial charge in [0, 0.05) is 17.5 Å². The number of nitrogens with one attached hydrogen (secondary N) is 2. The third kappa shape index (κ3) is 3.90. The van der Waals surface area contributed by atoms with Crippen LogP contribution < -0.4 is 10.6 Å². The Hall–Kier alpha value is -0.710. The van der Waals surface area contributed by atoms with Crippen molar-refractivity contribution in [2.24, 2.45) is 0 Å². The molecule has 3 nitrogen and oxygen atoms in total. The van der Waals surface area contributed by atoms with Crippen molar-refractivity contribution in [1.29, 1.82) is 0 Å². The van der Waals surface area contributed by atoms with Crippen LogP contribution >= 0.6 is 24.2 Å². The Bertz CT molecular complexity index is 394. The summed E-state index contributed by atoms with van der Waals surface area (Å²) in [5.74, 6) is 0.0450. The summed E-state index contributed by atoms with van der Waals surface area (Å²) in [6.07, 6.45) is 4.20. The van der Waals surface area contributed by atoms with Crippen molar-refractivity contribution in [2.75, 3.05) is 19.3 Å². The molecule has 1 amide bonds. The van der Waals surface area contributed by atoms with Gasteiger partial charge in [0.2, 0.25) is 0 Å². The van der Waals surface area contributed by atoms with Gasteiger partial charge >= 0.3 is 0 Å². The number of carbonyl (C=O) groups excluding carboxylic acids is 1. The second-order valence-electron chi connectivity index (χ2n) is 4.22. The van der Waals surface area contributed by atoms with Gasteiger partial charge in [-0.2, -0.15) is 0 Å². The largest absolute Gasteiger partial charge is 0.348 e. The van der Waals surface area contributed by atoms with Gasteiger partial charge in [0.15, 0.2) is 0 Å². The fraction of sp³-hybridized carbons (Fsp3) is 0.462.